The molecule has 1 amide bonds. The molecule has 0 aromatic carbocycles. The van der Waals surface area contributed by atoms with Crippen LogP contribution in [0.5, 0.6) is 0 Å². The maximum Gasteiger partial charge on any atom is 0.223 e. The molecule has 2 rings (SSSR count). The Morgan fingerprint density at radius 2 is 2.44 bits per heavy atom. The number of aliphatic hydroxyl groups is 1. The first-order chi connectivity index (χ1) is 7.66. The van der Waals surface area contributed by atoms with Crippen LogP contribution < -0.4 is 0 Å². The highest BCUT2D eigenvalue weighted by molar-refractivity contribution is 5.76. The van der Waals surface area contributed by atoms with Gasteiger partial charge in [-0.25, -0.2) is 4.98 Å². The fraction of sp³-hybridized carbons (Fsp3) is 0.636. The topological polar surface area (TPSA) is 58.4 Å². The van der Waals surface area contributed by atoms with Crippen molar-refractivity contribution >= 4 is 5.91 Å². The molecule has 1 atom stereocenters. The van der Waals surface area contributed by atoms with Crippen molar-refractivity contribution in [2.24, 2.45) is 0 Å². The van der Waals surface area contributed by atoms with Crippen molar-refractivity contribution in [1.82, 2.24) is 14.5 Å². The van der Waals surface area contributed by atoms with Crippen molar-refractivity contribution in [3.63, 3.8) is 0 Å². The van der Waals surface area contributed by atoms with Gasteiger partial charge in [0.15, 0.2) is 0 Å². The fourth-order valence-electron chi connectivity index (χ4n) is 1.88. The second-order valence-corrected chi connectivity index (χ2v) is 4.24. The highest BCUT2D eigenvalue weighted by Crippen LogP contribution is 2.12. The summed E-state index contributed by atoms with van der Waals surface area (Å²) in [5.41, 5.74) is 0. The third-order valence-electron chi connectivity index (χ3n) is 2.87. The molecule has 0 aliphatic carbocycles. The third-order valence-corrected chi connectivity index (χ3v) is 2.87. The van der Waals surface area contributed by atoms with E-state index in [1.165, 1.54) is 0 Å². The monoisotopic (exact) mass is 223 g/mol. The molecule has 5 nitrogen and oxygen atoms in total. The van der Waals surface area contributed by atoms with Gasteiger partial charge in [0.2, 0.25) is 5.91 Å². The molecule has 1 N–H and O–H groups in total. The van der Waals surface area contributed by atoms with Crippen LogP contribution in [0.25, 0.3) is 0 Å². The van der Waals surface area contributed by atoms with Crippen LogP contribution in [0.3, 0.4) is 0 Å². The van der Waals surface area contributed by atoms with Crippen LogP contribution in [-0.4, -0.2) is 38.1 Å². The summed E-state index contributed by atoms with van der Waals surface area (Å²) in [6, 6.07) is 0. The quantitative estimate of drug-likeness (QED) is 0.806. The van der Waals surface area contributed by atoms with Gasteiger partial charge in [0.05, 0.1) is 12.6 Å². The van der Waals surface area contributed by atoms with Gasteiger partial charge in [-0.1, -0.05) is 0 Å². The molecule has 5 heteroatoms. The Kier molecular flexibility index (Phi) is 3.24. The number of fused-ring (bicyclic) bond motifs is 1. The Morgan fingerprint density at radius 3 is 3.19 bits per heavy atom. The normalized spacial score (nSPS) is 17.0. The van der Waals surface area contributed by atoms with Crippen LogP contribution in [0.2, 0.25) is 0 Å². The summed E-state index contributed by atoms with van der Waals surface area (Å²) in [6.45, 7) is 3.85. The molecule has 1 aromatic heterocycles. The molecule has 1 unspecified atom stereocenters. The average molecular weight is 223 g/mol. The highest BCUT2D eigenvalue weighted by Gasteiger charge is 2.20. The van der Waals surface area contributed by atoms with Gasteiger partial charge < -0.3 is 14.6 Å². The van der Waals surface area contributed by atoms with Gasteiger partial charge in [-0.15, -0.1) is 0 Å². The molecule has 0 spiro atoms. The second-order valence-electron chi connectivity index (χ2n) is 4.24. The van der Waals surface area contributed by atoms with Gasteiger partial charge >= 0.3 is 0 Å². The molecular formula is C11H17N3O2. The first-order valence-corrected chi connectivity index (χ1v) is 5.62. The Bertz CT molecular complexity index is 373. The summed E-state index contributed by atoms with van der Waals surface area (Å²) < 4.78 is 2.07. The van der Waals surface area contributed by atoms with Crippen LogP contribution in [0, 0.1) is 0 Å². The molecule has 16 heavy (non-hydrogen) atoms. The third kappa shape index (κ3) is 2.41. The molecule has 0 fully saturated rings. The Labute approximate surface area is 94.7 Å². The molecule has 2 heterocycles. The van der Waals surface area contributed by atoms with Crippen molar-refractivity contribution in [3.8, 4) is 0 Å². The van der Waals surface area contributed by atoms with Gasteiger partial charge in [0.25, 0.3) is 0 Å². The van der Waals surface area contributed by atoms with Crippen molar-refractivity contribution in [1.29, 1.82) is 0 Å². The molecule has 0 bridgehead atoms. The number of amides is 1. The van der Waals surface area contributed by atoms with Crippen molar-refractivity contribution < 1.29 is 9.90 Å². The summed E-state index contributed by atoms with van der Waals surface area (Å²) >= 11 is 0. The molecule has 1 aliphatic heterocycles. The van der Waals surface area contributed by atoms with Gasteiger partial charge in [-0.3, -0.25) is 4.79 Å². The highest BCUT2D eigenvalue weighted by atomic mass is 16.3. The molecule has 88 valence electrons. The SMILES string of the molecule is CC(O)CCC(=O)N1CCn2ccnc2C1. The predicted octanol–water partition coefficient (Wildman–Crippen LogP) is 0.386. The first kappa shape index (κ1) is 11.1. The Balaban J connectivity index is 1.90. The molecule has 0 saturated carbocycles. The zero-order chi connectivity index (χ0) is 11.5. The summed E-state index contributed by atoms with van der Waals surface area (Å²) in [7, 11) is 0. The second kappa shape index (κ2) is 4.65. The van der Waals surface area contributed by atoms with Gasteiger partial charge in [0, 0.05) is 31.9 Å². The summed E-state index contributed by atoms with van der Waals surface area (Å²) in [4.78, 5) is 17.8. The van der Waals surface area contributed by atoms with Gasteiger partial charge in [-0.2, -0.15) is 0 Å². The minimum Gasteiger partial charge on any atom is -0.393 e. The van der Waals surface area contributed by atoms with Crippen molar-refractivity contribution in [3.05, 3.63) is 18.2 Å². The number of imidazole rings is 1. The van der Waals surface area contributed by atoms with E-state index in [0.717, 1.165) is 18.9 Å². The standard InChI is InChI=1S/C11H17N3O2/c1-9(15)2-3-11(16)14-7-6-13-5-4-12-10(13)8-14/h4-5,9,15H,2-3,6-8H2,1H3. The van der Waals surface area contributed by atoms with E-state index in [0.29, 0.717) is 19.4 Å². The zero-order valence-electron chi connectivity index (χ0n) is 9.46. The van der Waals surface area contributed by atoms with E-state index in [9.17, 15) is 4.79 Å². The van der Waals surface area contributed by atoms with E-state index in [1.54, 1.807) is 13.1 Å². The molecule has 1 aliphatic rings. The smallest absolute Gasteiger partial charge is 0.223 e. The summed E-state index contributed by atoms with van der Waals surface area (Å²) in [6.07, 6.45) is 4.24. The molecule has 0 saturated heterocycles. The fourth-order valence-corrected chi connectivity index (χ4v) is 1.88. The summed E-state index contributed by atoms with van der Waals surface area (Å²) in [5, 5.41) is 9.14. The van der Waals surface area contributed by atoms with E-state index in [2.05, 4.69) is 9.55 Å². The van der Waals surface area contributed by atoms with E-state index in [-0.39, 0.29) is 5.91 Å². The van der Waals surface area contributed by atoms with Gasteiger partial charge in [-0.05, 0) is 13.3 Å². The molecule has 0 radical (unpaired) electrons. The number of hydrogen-bond donors (Lipinski definition) is 1. The lowest BCUT2D eigenvalue weighted by molar-refractivity contribution is -0.133. The first-order valence-electron chi connectivity index (χ1n) is 5.62. The Hall–Kier alpha value is -1.36. The lowest BCUT2D eigenvalue weighted by Crippen LogP contribution is -2.38. The summed E-state index contributed by atoms with van der Waals surface area (Å²) in [5.74, 6) is 1.05. The maximum absolute atomic E-state index is 11.8. The molecular weight excluding hydrogens is 206 g/mol. The number of aliphatic hydroxyl groups excluding tert-OH is 1. The van der Waals surface area contributed by atoms with Crippen LogP contribution in [0.4, 0.5) is 0 Å². The number of nitrogens with zero attached hydrogens (tertiary/aromatic N) is 3. The minimum atomic E-state index is -0.407. The number of carbonyl (C=O) groups excluding carboxylic acids is 1. The number of carbonyl (C=O) groups is 1. The largest absolute Gasteiger partial charge is 0.393 e. The number of rotatable bonds is 3. The van der Waals surface area contributed by atoms with E-state index < -0.39 is 6.10 Å². The predicted molar refractivity (Wildman–Crippen MR) is 58.6 cm³/mol. The van der Waals surface area contributed by atoms with E-state index in [1.807, 2.05) is 11.1 Å². The van der Waals surface area contributed by atoms with Crippen LogP contribution in [-0.2, 0) is 17.9 Å². The zero-order valence-corrected chi connectivity index (χ0v) is 9.46. The minimum absolute atomic E-state index is 0.107. The Morgan fingerprint density at radius 1 is 1.62 bits per heavy atom. The maximum atomic E-state index is 11.8. The van der Waals surface area contributed by atoms with Crippen LogP contribution in [0.1, 0.15) is 25.6 Å². The van der Waals surface area contributed by atoms with Gasteiger partial charge in [0.1, 0.15) is 5.82 Å². The van der Waals surface area contributed by atoms with Crippen LogP contribution in [0.15, 0.2) is 12.4 Å². The van der Waals surface area contributed by atoms with E-state index >= 15 is 0 Å². The average Bonchev–Trinajstić information content (AvgIpc) is 2.72. The number of aromatic nitrogens is 2. The molecule has 1 aromatic rings. The lowest BCUT2D eigenvalue weighted by Gasteiger charge is -2.27. The van der Waals surface area contributed by atoms with Crippen molar-refractivity contribution in [2.45, 2.75) is 39.0 Å². The van der Waals surface area contributed by atoms with E-state index in [4.69, 9.17) is 5.11 Å². The lowest BCUT2D eigenvalue weighted by atomic mass is 10.2. The number of hydrogen-bond acceptors (Lipinski definition) is 3. The van der Waals surface area contributed by atoms with Crippen molar-refractivity contribution in [2.75, 3.05) is 6.54 Å². The van der Waals surface area contributed by atoms with Crippen LogP contribution >= 0.6 is 0 Å².